The highest BCUT2D eigenvalue weighted by atomic mass is 32.2. The van der Waals surface area contributed by atoms with Crippen LogP contribution in [0.1, 0.15) is 24.1 Å². The van der Waals surface area contributed by atoms with E-state index in [9.17, 15) is 13.2 Å². The first-order chi connectivity index (χ1) is 14.2. The summed E-state index contributed by atoms with van der Waals surface area (Å²) in [5.74, 6) is 0.804. The van der Waals surface area contributed by atoms with Crippen molar-refractivity contribution in [1.29, 1.82) is 0 Å². The Morgan fingerprint density at radius 2 is 1.70 bits per heavy atom. The van der Waals surface area contributed by atoms with Crippen LogP contribution in [0.15, 0.2) is 65.6 Å². The average Bonchev–Trinajstić information content (AvgIpc) is 2.72. The molecule has 0 radical (unpaired) electrons. The first-order valence-corrected chi connectivity index (χ1v) is 10.9. The van der Waals surface area contributed by atoms with Crippen molar-refractivity contribution in [2.45, 2.75) is 24.4 Å². The van der Waals surface area contributed by atoms with Crippen LogP contribution < -0.4 is 15.2 Å². The maximum absolute atomic E-state index is 12.6. The van der Waals surface area contributed by atoms with Crippen molar-refractivity contribution in [1.82, 2.24) is 10.2 Å². The fraction of sp³-hybridized carbons (Fsp3) is 0.227. The lowest BCUT2D eigenvalue weighted by Crippen LogP contribution is -2.38. The van der Waals surface area contributed by atoms with Gasteiger partial charge in [-0.05, 0) is 59.2 Å². The monoisotopic (exact) mass is 427 g/mol. The molecule has 0 bridgehead atoms. The summed E-state index contributed by atoms with van der Waals surface area (Å²) in [5.41, 5.74) is 1.79. The number of rotatable bonds is 6. The molecular formula is C22H25N3O4S. The van der Waals surface area contributed by atoms with E-state index in [2.05, 4.69) is 5.32 Å². The molecule has 0 fully saturated rings. The molecule has 3 aromatic carbocycles. The molecule has 0 aromatic heterocycles. The number of fused-ring (bicyclic) bond motifs is 1. The van der Waals surface area contributed by atoms with E-state index in [1.165, 1.54) is 12.1 Å². The van der Waals surface area contributed by atoms with Crippen LogP contribution in [0.5, 0.6) is 5.75 Å². The molecule has 2 amide bonds. The minimum Gasteiger partial charge on any atom is -0.497 e. The first-order valence-electron chi connectivity index (χ1n) is 9.38. The molecule has 0 heterocycles. The molecule has 0 aliphatic carbocycles. The number of carbonyl (C=O) groups is 1. The van der Waals surface area contributed by atoms with Gasteiger partial charge in [0.1, 0.15) is 5.75 Å². The molecular weight excluding hydrogens is 402 g/mol. The highest BCUT2D eigenvalue weighted by molar-refractivity contribution is 7.89. The normalized spacial score (nSPS) is 12.4. The third-order valence-corrected chi connectivity index (χ3v) is 5.86. The number of nitrogens with two attached hydrogens (primary N) is 1. The molecule has 1 atom stereocenters. The van der Waals surface area contributed by atoms with Crippen LogP contribution in [-0.4, -0.2) is 33.5 Å². The zero-order chi connectivity index (χ0) is 21.9. The molecule has 158 valence electrons. The Labute approximate surface area is 176 Å². The van der Waals surface area contributed by atoms with Crippen molar-refractivity contribution in [3.63, 3.8) is 0 Å². The standard InChI is InChI=1S/C22H25N3O4S/c1-15(17-7-10-21(11-8-17)30(23,27)28)24-22(26)25(2)14-16-4-5-19-13-20(29-3)9-6-18(19)12-16/h4-13,15H,14H2,1-3H3,(H,24,26)(H2,23,27,28)/t15-/m1/s1. The third kappa shape index (κ3) is 5.08. The van der Waals surface area contributed by atoms with E-state index in [0.29, 0.717) is 6.54 Å². The maximum Gasteiger partial charge on any atom is 0.317 e. The van der Waals surface area contributed by atoms with Crippen LogP contribution in [0, 0.1) is 0 Å². The number of hydrogen-bond acceptors (Lipinski definition) is 4. The molecule has 30 heavy (non-hydrogen) atoms. The van der Waals surface area contributed by atoms with Gasteiger partial charge < -0.3 is 15.0 Å². The van der Waals surface area contributed by atoms with Crippen molar-refractivity contribution in [3.8, 4) is 5.75 Å². The minimum atomic E-state index is -3.74. The van der Waals surface area contributed by atoms with Crippen LogP contribution in [0.25, 0.3) is 10.8 Å². The number of amides is 2. The first kappa shape index (κ1) is 21.6. The fourth-order valence-electron chi connectivity index (χ4n) is 3.17. The Hall–Kier alpha value is -3.10. The van der Waals surface area contributed by atoms with Crippen LogP contribution >= 0.6 is 0 Å². The number of nitrogens with one attached hydrogen (secondary N) is 1. The van der Waals surface area contributed by atoms with Gasteiger partial charge in [-0.25, -0.2) is 18.4 Å². The van der Waals surface area contributed by atoms with Crippen molar-refractivity contribution < 1.29 is 17.9 Å². The van der Waals surface area contributed by atoms with Gasteiger partial charge in [-0.1, -0.05) is 30.3 Å². The number of ether oxygens (including phenoxy) is 1. The number of benzene rings is 3. The number of urea groups is 1. The van der Waals surface area contributed by atoms with Crippen molar-refractivity contribution in [2.75, 3.05) is 14.2 Å². The van der Waals surface area contributed by atoms with Gasteiger partial charge in [0.15, 0.2) is 0 Å². The third-order valence-electron chi connectivity index (χ3n) is 4.93. The van der Waals surface area contributed by atoms with E-state index in [1.807, 2.05) is 43.3 Å². The SMILES string of the molecule is COc1ccc2cc(CN(C)C(=O)N[C@H](C)c3ccc(S(N)(=O)=O)cc3)ccc2c1. The zero-order valence-corrected chi connectivity index (χ0v) is 17.9. The van der Waals surface area contributed by atoms with Crippen LogP contribution in [0.2, 0.25) is 0 Å². The summed E-state index contributed by atoms with van der Waals surface area (Å²) in [4.78, 5) is 14.2. The van der Waals surface area contributed by atoms with Crippen molar-refractivity contribution >= 4 is 26.8 Å². The molecule has 0 saturated heterocycles. The van der Waals surface area contributed by atoms with Crippen LogP contribution in [0.3, 0.4) is 0 Å². The van der Waals surface area contributed by atoms with Gasteiger partial charge in [-0.15, -0.1) is 0 Å². The van der Waals surface area contributed by atoms with Crippen molar-refractivity contribution in [2.24, 2.45) is 5.14 Å². The minimum absolute atomic E-state index is 0.0378. The largest absolute Gasteiger partial charge is 0.497 e. The van der Waals surface area contributed by atoms with Gasteiger partial charge in [0, 0.05) is 13.6 Å². The second-order valence-electron chi connectivity index (χ2n) is 7.19. The van der Waals surface area contributed by atoms with Gasteiger partial charge in [0.2, 0.25) is 10.0 Å². The summed E-state index contributed by atoms with van der Waals surface area (Å²) < 4.78 is 28.0. The summed E-state index contributed by atoms with van der Waals surface area (Å²) in [6.45, 7) is 2.28. The molecule has 0 saturated carbocycles. The predicted octanol–water partition coefficient (Wildman–Crippen LogP) is 3.40. The van der Waals surface area contributed by atoms with Gasteiger partial charge in [-0.3, -0.25) is 0 Å². The molecule has 0 aliphatic rings. The van der Waals surface area contributed by atoms with Gasteiger partial charge in [-0.2, -0.15) is 0 Å². The van der Waals surface area contributed by atoms with Gasteiger partial charge >= 0.3 is 6.03 Å². The molecule has 3 N–H and O–H groups in total. The summed E-state index contributed by atoms with van der Waals surface area (Å²) in [6.07, 6.45) is 0. The van der Waals surface area contributed by atoms with Gasteiger partial charge in [0.25, 0.3) is 0 Å². The number of methoxy groups -OCH3 is 1. The van der Waals surface area contributed by atoms with Crippen molar-refractivity contribution in [3.05, 3.63) is 71.8 Å². The number of primary sulfonamides is 1. The molecule has 0 spiro atoms. The maximum atomic E-state index is 12.6. The lowest BCUT2D eigenvalue weighted by atomic mass is 10.1. The topological polar surface area (TPSA) is 102 Å². The Balaban J connectivity index is 1.64. The summed E-state index contributed by atoms with van der Waals surface area (Å²) >= 11 is 0. The summed E-state index contributed by atoms with van der Waals surface area (Å²) in [6, 6.07) is 17.5. The number of nitrogens with zero attached hydrogens (tertiary/aromatic N) is 1. The second kappa shape index (κ2) is 8.73. The average molecular weight is 428 g/mol. The number of carbonyl (C=O) groups excluding carboxylic acids is 1. The van der Waals surface area contributed by atoms with E-state index in [4.69, 9.17) is 9.88 Å². The fourth-order valence-corrected chi connectivity index (χ4v) is 3.68. The smallest absolute Gasteiger partial charge is 0.317 e. The van der Waals surface area contributed by atoms with E-state index >= 15 is 0 Å². The molecule has 3 aromatic rings. The lowest BCUT2D eigenvalue weighted by Gasteiger charge is -2.22. The molecule has 8 heteroatoms. The Bertz CT molecular complexity index is 1160. The summed E-state index contributed by atoms with van der Waals surface area (Å²) in [7, 11) is -0.375. The quantitative estimate of drug-likeness (QED) is 0.629. The van der Waals surface area contributed by atoms with Crippen LogP contribution in [-0.2, 0) is 16.6 Å². The van der Waals surface area contributed by atoms with Gasteiger partial charge in [0.05, 0.1) is 18.0 Å². The predicted molar refractivity (Wildman–Crippen MR) is 117 cm³/mol. The van der Waals surface area contributed by atoms with Crippen LogP contribution in [0.4, 0.5) is 4.79 Å². The van der Waals surface area contributed by atoms with E-state index in [0.717, 1.165) is 27.6 Å². The Morgan fingerprint density at radius 1 is 1.07 bits per heavy atom. The van der Waals surface area contributed by atoms with E-state index in [-0.39, 0.29) is 17.0 Å². The van der Waals surface area contributed by atoms with E-state index < -0.39 is 10.0 Å². The highest BCUT2D eigenvalue weighted by Gasteiger charge is 2.15. The number of sulfonamides is 1. The number of hydrogen-bond donors (Lipinski definition) is 2. The lowest BCUT2D eigenvalue weighted by molar-refractivity contribution is 0.203. The second-order valence-corrected chi connectivity index (χ2v) is 8.75. The molecule has 0 unspecified atom stereocenters. The Morgan fingerprint density at radius 3 is 2.33 bits per heavy atom. The van der Waals surface area contributed by atoms with E-state index in [1.54, 1.807) is 31.2 Å². The Kier molecular flexibility index (Phi) is 6.28. The molecule has 3 rings (SSSR count). The summed E-state index contributed by atoms with van der Waals surface area (Å²) in [5, 5.41) is 10.2. The molecule has 7 nitrogen and oxygen atoms in total. The highest BCUT2D eigenvalue weighted by Crippen LogP contribution is 2.22. The zero-order valence-electron chi connectivity index (χ0n) is 17.1. The molecule has 0 aliphatic heterocycles.